The number of rotatable bonds is 7. The molecule has 0 aliphatic rings. The lowest BCUT2D eigenvalue weighted by molar-refractivity contribution is 0.305. The van der Waals surface area contributed by atoms with Crippen LogP contribution in [0, 0.1) is 4.91 Å². The van der Waals surface area contributed by atoms with E-state index in [9.17, 15) is 4.91 Å². The predicted octanol–water partition coefficient (Wildman–Crippen LogP) is 5.86. The summed E-state index contributed by atoms with van der Waals surface area (Å²) in [5, 5.41) is 3.46. The molecule has 132 valence electrons. The minimum absolute atomic E-state index is 0.0754. The summed E-state index contributed by atoms with van der Waals surface area (Å²) in [6.07, 6.45) is 0. The lowest BCUT2D eigenvalue weighted by Gasteiger charge is -2.16. The standard InChI is InChI=1S/C21H18ClNO3/c1-25-21-19(18-10-6-5-9-16(18)13-23-24)11-17(12-20(21)22)26-14-15-7-3-2-4-8-15/h2-12H,13-14H2,1H3. The maximum absolute atomic E-state index is 10.8. The molecule has 0 N–H and O–H groups in total. The smallest absolute Gasteiger partial charge is 0.145 e. The monoisotopic (exact) mass is 367 g/mol. The van der Waals surface area contributed by atoms with E-state index >= 15 is 0 Å². The molecule has 0 atom stereocenters. The van der Waals surface area contributed by atoms with Crippen LogP contribution in [0.25, 0.3) is 11.1 Å². The van der Waals surface area contributed by atoms with Crippen LogP contribution < -0.4 is 9.47 Å². The Kier molecular flexibility index (Phi) is 5.87. The number of hydrogen-bond acceptors (Lipinski definition) is 4. The second kappa shape index (κ2) is 8.50. The highest BCUT2D eigenvalue weighted by Gasteiger charge is 2.16. The van der Waals surface area contributed by atoms with Gasteiger partial charge in [0.1, 0.15) is 24.7 Å². The number of methoxy groups -OCH3 is 1. The van der Waals surface area contributed by atoms with E-state index in [-0.39, 0.29) is 6.54 Å². The molecule has 4 nitrogen and oxygen atoms in total. The molecule has 0 aliphatic carbocycles. The molecule has 5 heteroatoms. The summed E-state index contributed by atoms with van der Waals surface area (Å²) < 4.78 is 11.4. The summed E-state index contributed by atoms with van der Waals surface area (Å²) >= 11 is 6.41. The minimum Gasteiger partial charge on any atom is -0.495 e. The lowest BCUT2D eigenvalue weighted by Crippen LogP contribution is -1.98. The molecule has 0 aliphatic heterocycles. The van der Waals surface area contributed by atoms with Crippen LogP contribution in [0.1, 0.15) is 11.1 Å². The third-order valence-corrected chi connectivity index (χ3v) is 4.29. The molecule has 26 heavy (non-hydrogen) atoms. The van der Waals surface area contributed by atoms with Crippen molar-refractivity contribution in [3.05, 3.63) is 87.8 Å². The number of hydrogen-bond donors (Lipinski definition) is 0. The summed E-state index contributed by atoms with van der Waals surface area (Å²) in [5.41, 5.74) is 3.47. The van der Waals surface area contributed by atoms with Crippen molar-refractivity contribution in [1.82, 2.24) is 0 Å². The van der Waals surface area contributed by atoms with E-state index in [1.54, 1.807) is 13.2 Å². The van der Waals surface area contributed by atoms with Crippen molar-refractivity contribution in [2.24, 2.45) is 5.18 Å². The number of nitroso groups, excluding NO2 is 1. The summed E-state index contributed by atoms with van der Waals surface area (Å²) in [5.74, 6) is 1.17. The Morgan fingerprint density at radius 3 is 2.42 bits per heavy atom. The largest absolute Gasteiger partial charge is 0.495 e. The molecular weight excluding hydrogens is 350 g/mol. The third kappa shape index (κ3) is 4.03. The molecule has 0 radical (unpaired) electrons. The van der Waals surface area contributed by atoms with Crippen LogP contribution in [-0.2, 0) is 13.2 Å². The molecule has 0 saturated heterocycles. The van der Waals surface area contributed by atoms with E-state index in [4.69, 9.17) is 21.1 Å². The van der Waals surface area contributed by atoms with Crippen molar-refractivity contribution >= 4 is 11.6 Å². The van der Waals surface area contributed by atoms with Crippen LogP contribution in [0.3, 0.4) is 0 Å². The average molecular weight is 368 g/mol. The first kappa shape index (κ1) is 18.0. The van der Waals surface area contributed by atoms with Gasteiger partial charge in [0.15, 0.2) is 0 Å². The van der Waals surface area contributed by atoms with Crippen LogP contribution in [-0.4, -0.2) is 7.11 Å². The maximum Gasteiger partial charge on any atom is 0.145 e. The van der Waals surface area contributed by atoms with Gasteiger partial charge in [-0.05, 0) is 22.8 Å². The number of ether oxygens (including phenoxy) is 2. The Morgan fingerprint density at radius 2 is 1.69 bits per heavy atom. The Hall–Kier alpha value is -2.85. The third-order valence-electron chi connectivity index (χ3n) is 4.01. The van der Waals surface area contributed by atoms with Gasteiger partial charge >= 0.3 is 0 Å². The van der Waals surface area contributed by atoms with Gasteiger partial charge in [0.2, 0.25) is 0 Å². The van der Waals surface area contributed by atoms with Crippen LogP contribution in [0.2, 0.25) is 5.02 Å². The normalized spacial score (nSPS) is 10.4. The fourth-order valence-electron chi connectivity index (χ4n) is 2.79. The topological polar surface area (TPSA) is 47.9 Å². The molecule has 3 aromatic rings. The number of halogens is 1. The van der Waals surface area contributed by atoms with E-state index in [0.29, 0.717) is 23.1 Å². The molecular formula is C21H18ClNO3. The molecule has 0 amide bonds. The number of nitrogens with zero attached hydrogens (tertiary/aromatic N) is 1. The van der Waals surface area contributed by atoms with E-state index in [0.717, 1.165) is 22.3 Å². The van der Waals surface area contributed by atoms with Gasteiger partial charge in [-0.2, -0.15) is 4.91 Å². The van der Waals surface area contributed by atoms with Gasteiger partial charge in [0, 0.05) is 11.6 Å². The summed E-state index contributed by atoms with van der Waals surface area (Å²) in [4.78, 5) is 10.8. The van der Waals surface area contributed by atoms with E-state index in [2.05, 4.69) is 5.18 Å². The zero-order valence-electron chi connectivity index (χ0n) is 14.3. The van der Waals surface area contributed by atoms with Crippen LogP contribution in [0.15, 0.2) is 71.9 Å². The van der Waals surface area contributed by atoms with Crippen molar-refractivity contribution in [2.45, 2.75) is 13.2 Å². The second-order valence-corrected chi connectivity index (χ2v) is 6.11. The Bertz CT molecular complexity index is 897. The fraction of sp³-hybridized carbons (Fsp3) is 0.143. The van der Waals surface area contributed by atoms with E-state index in [1.807, 2.05) is 60.7 Å². The Morgan fingerprint density at radius 1 is 0.962 bits per heavy atom. The zero-order chi connectivity index (χ0) is 18.4. The Balaban J connectivity index is 1.99. The molecule has 3 rings (SSSR count). The van der Waals surface area contributed by atoms with Gasteiger partial charge < -0.3 is 9.47 Å². The van der Waals surface area contributed by atoms with Crippen molar-refractivity contribution in [2.75, 3.05) is 7.11 Å². The second-order valence-electron chi connectivity index (χ2n) is 5.70. The first-order chi connectivity index (χ1) is 12.7. The van der Waals surface area contributed by atoms with Crippen molar-refractivity contribution in [3.63, 3.8) is 0 Å². The highest BCUT2D eigenvalue weighted by Crippen LogP contribution is 2.41. The van der Waals surface area contributed by atoms with Gasteiger partial charge in [-0.25, -0.2) is 0 Å². The van der Waals surface area contributed by atoms with E-state index < -0.39 is 0 Å². The molecule has 0 fully saturated rings. The maximum atomic E-state index is 10.8. The predicted molar refractivity (Wildman–Crippen MR) is 104 cm³/mol. The molecule has 0 heterocycles. The number of benzene rings is 3. The van der Waals surface area contributed by atoms with Gasteiger partial charge in [0.25, 0.3) is 0 Å². The zero-order valence-corrected chi connectivity index (χ0v) is 15.1. The van der Waals surface area contributed by atoms with Crippen LogP contribution >= 0.6 is 11.6 Å². The van der Waals surface area contributed by atoms with Gasteiger partial charge in [-0.15, -0.1) is 0 Å². The molecule has 3 aromatic carbocycles. The highest BCUT2D eigenvalue weighted by molar-refractivity contribution is 6.32. The molecule has 0 saturated carbocycles. The van der Waals surface area contributed by atoms with Crippen LogP contribution in [0.5, 0.6) is 11.5 Å². The van der Waals surface area contributed by atoms with Crippen molar-refractivity contribution in [1.29, 1.82) is 0 Å². The summed E-state index contributed by atoms with van der Waals surface area (Å²) in [7, 11) is 1.57. The first-order valence-electron chi connectivity index (χ1n) is 8.14. The minimum atomic E-state index is 0.0754. The van der Waals surface area contributed by atoms with Gasteiger partial charge in [-0.1, -0.05) is 71.4 Å². The van der Waals surface area contributed by atoms with Crippen molar-refractivity contribution in [3.8, 4) is 22.6 Å². The quantitative estimate of drug-likeness (QED) is 0.491. The average Bonchev–Trinajstić information content (AvgIpc) is 2.67. The molecule has 0 aromatic heterocycles. The SMILES string of the molecule is COc1c(Cl)cc(OCc2ccccc2)cc1-c1ccccc1CN=O. The fourth-order valence-corrected chi connectivity index (χ4v) is 3.08. The van der Waals surface area contributed by atoms with Crippen LogP contribution in [0.4, 0.5) is 0 Å². The Labute approximate surface area is 157 Å². The summed E-state index contributed by atoms with van der Waals surface area (Å²) in [6, 6.07) is 21.0. The first-order valence-corrected chi connectivity index (χ1v) is 8.52. The molecule has 0 unspecified atom stereocenters. The summed E-state index contributed by atoms with van der Waals surface area (Å²) in [6.45, 7) is 0.506. The van der Waals surface area contributed by atoms with Crippen molar-refractivity contribution < 1.29 is 9.47 Å². The molecule has 0 bridgehead atoms. The molecule has 0 spiro atoms. The highest BCUT2D eigenvalue weighted by atomic mass is 35.5. The van der Waals surface area contributed by atoms with Gasteiger partial charge in [0.05, 0.1) is 12.1 Å². The van der Waals surface area contributed by atoms with E-state index in [1.165, 1.54) is 0 Å². The lowest BCUT2D eigenvalue weighted by atomic mass is 9.98. The van der Waals surface area contributed by atoms with Gasteiger partial charge in [-0.3, -0.25) is 0 Å².